The number of thiazole rings is 1. The number of anilines is 2. The Morgan fingerprint density at radius 1 is 0.897 bits per heavy atom. The molecule has 0 unspecified atom stereocenters. The van der Waals surface area contributed by atoms with E-state index in [1.54, 1.807) is 24.8 Å². The van der Waals surface area contributed by atoms with Gasteiger partial charge in [0.05, 0.1) is 22.8 Å². The van der Waals surface area contributed by atoms with Gasteiger partial charge in [-0.2, -0.15) is 0 Å². The summed E-state index contributed by atoms with van der Waals surface area (Å²) in [6.07, 6.45) is 1.56. The highest BCUT2D eigenvalue weighted by Gasteiger charge is 2.08. The average Bonchev–Trinajstić information content (AvgIpc) is 3.17. The normalized spacial score (nSPS) is 11.1. The third kappa shape index (κ3) is 3.39. The molecule has 3 aromatic carbocycles. The Balaban J connectivity index is 1.44. The van der Waals surface area contributed by atoms with E-state index in [9.17, 15) is 0 Å². The van der Waals surface area contributed by atoms with Crippen molar-refractivity contribution in [1.29, 1.82) is 0 Å². The van der Waals surface area contributed by atoms with Crippen LogP contribution in [-0.2, 0) is 0 Å². The minimum atomic E-state index is 0.765. The molecular formula is C23H18N4OS. The van der Waals surface area contributed by atoms with Crippen molar-refractivity contribution in [2.45, 2.75) is 6.92 Å². The second-order valence-electron chi connectivity index (χ2n) is 6.80. The smallest absolute Gasteiger partial charge is 0.141 e. The van der Waals surface area contributed by atoms with E-state index in [2.05, 4.69) is 52.5 Å². The Kier molecular flexibility index (Phi) is 4.33. The molecule has 0 saturated heterocycles. The molecule has 2 heterocycles. The number of nitrogens with one attached hydrogen (secondary N) is 1. The summed E-state index contributed by atoms with van der Waals surface area (Å²) in [6.45, 7) is 2.10. The molecule has 142 valence electrons. The van der Waals surface area contributed by atoms with Crippen molar-refractivity contribution >= 4 is 44.0 Å². The molecule has 0 atom stereocenters. The van der Waals surface area contributed by atoms with Crippen molar-refractivity contribution in [3.05, 3.63) is 72.6 Å². The number of hydrogen-bond donors (Lipinski definition) is 1. The van der Waals surface area contributed by atoms with Crippen molar-refractivity contribution < 1.29 is 4.74 Å². The summed E-state index contributed by atoms with van der Waals surface area (Å²) in [4.78, 5) is 13.5. The second kappa shape index (κ2) is 7.14. The molecule has 6 heteroatoms. The molecule has 0 radical (unpaired) electrons. The zero-order chi connectivity index (χ0) is 19.8. The van der Waals surface area contributed by atoms with E-state index >= 15 is 0 Å². The van der Waals surface area contributed by atoms with Crippen LogP contribution in [0.1, 0.15) is 5.56 Å². The lowest BCUT2D eigenvalue weighted by molar-refractivity contribution is 0.415. The van der Waals surface area contributed by atoms with E-state index in [0.717, 1.165) is 44.2 Å². The van der Waals surface area contributed by atoms with Crippen LogP contribution in [0.2, 0.25) is 0 Å². The van der Waals surface area contributed by atoms with E-state index in [1.165, 1.54) is 10.3 Å². The molecule has 0 aliphatic heterocycles. The van der Waals surface area contributed by atoms with Gasteiger partial charge in [-0.1, -0.05) is 6.07 Å². The molecule has 0 fully saturated rings. The molecule has 5 aromatic rings. The highest BCUT2D eigenvalue weighted by Crippen LogP contribution is 2.32. The van der Waals surface area contributed by atoms with Gasteiger partial charge in [-0.05, 0) is 61.0 Å². The molecule has 0 saturated carbocycles. The first kappa shape index (κ1) is 17.6. The predicted octanol–water partition coefficient (Wildman–Crippen LogP) is 5.97. The maximum atomic E-state index is 5.28. The predicted molar refractivity (Wildman–Crippen MR) is 119 cm³/mol. The topological polar surface area (TPSA) is 59.9 Å². The lowest BCUT2D eigenvalue weighted by Gasteiger charge is -2.09. The highest BCUT2D eigenvalue weighted by atomic mass is 32.1. The summed E-state index contributed by atoms with van der Waals surface area (Å²) in [5.74, 6) is 1.54. The van der Waals surface area contributed by atoms with Crippen LogP contribution in [0.15, 0.2) is 67.0 Å². The number of fused-ring (bicyclic) bond motifs is 2. The van der Waals surface area contributed by atoms with Crippen molar-refractivity contribution in [2.75, 3.05) is 12.4 Å². The molecule has 5 nitrogen and oxygen atoms in total. The fraction of sp³-hybridized carbons (Fsp3) is 0.0870. The summed E-state index contributed by atoms with van der Waals surface area (Å²) in [5, 5.41) is 5.36. The van der Waals surface area contributed by atoms with Crippen LogP contribution in [0.3, 0.4) is 0 Å². The number of aryl methyl sites for hydroxylation is 1. The van der Waals surface area contributed by atoms with Crippen LogP contribution in [0, 0.1) is 6.92 Å². The van der Waals surface area contributed by atoms with Gasteiger partial charge in [0.1, 0.15) is 22.9 Å². The third-order valence-corrected chi connectivity index (χ3v) is 5.85. The molecule has 0 bridgehead atoms. The first-order valence-electron chi connectivity index (χ1n) is 9.23. The van der Waals surface area contributed by atoms with Crippen LogP contribution >= 0.6 is 11.3 Å². The minimum absolute atomic E-state index is 0.765. The van der Waals surface area contributed by atoms with Gasteiger partial charge in [-0.3, -0.25) is 0 Å². The third-order valence-electron chi connectivity index (χ3n) is 4.78. The summed E-state index contributed by atoms with van der Waals surface area (Å²) in [6, 6.07) is 20.4. The summed E-state index contributed by atoms with van der Waals surface area (Å²) >= 11 is 1.72. The lowest BCUT2D eigenvalue weighted by Crippen LogP contribution is -1.96. The first-order chi connectivity index (χ1) is 14.2. The van der Waals surface area contributed by atoms with Crippen molar-refractivity contribution in [1.82, 2.24) is 15.0 Å². The van der Waals surface area contributed by atoms with Gasteiger partial charge in [-0.15, -0.1) is 11.3 Å². The summed E-state index contributed by atoms with van der Waals surface area (Å²) in [5.41, 5.74) is 5.19. The fourth-order valence-corrected chi connectivity index (χ4v) is 4.32. The molecule has 0 amide bonds. The second-order valence-corrected chi connectivity index (χ2v) is 7.83. The van der Waals surface area contributed by atoms with Crippen molar-refractivity contribution in [2.24, 2.45) is 0 Å². The summed E-state index contributed by atoms with van der Waals surface area (Å²) < 4.78 is 6.49. The van der Waals surface area contributed by atoms with Gasteiger partial charge in [0.25, 0.3) is 0 Å². The monoisotopic (exact) mass is 398 g/mol. The lowest BCUT2D eigenvalue weighted by atomic mass is 10.2. The zero-order valence-corrected chi connectivity index (χ0v) is 16.8. The van der Waals surface area contributed by atoms with Crippen molar-refractivity contribution in [3.63, 3.8) is 0 Å². The Hall–Kier alpha value is -3.51. The first-order valence-corrected chi connectivity index (χ1v) is 10.0. The number of hydrogen-bond acceptors (Lipinski definition) is 6. The molecule has 2 aromatic heterocycles. The Morgan fingerprint density at radius 2 is 1.76 bits per heavy atom. The molecule has 29 heavy (non-hydrogen) atoms. The van der Waals surface area contributed by atoms with Gasteiger partial charge in [0.15, 0.2) is 0 Å². The van der Waals surface area contributed by atoms with Gasteiger partial charge in [-0.25, -0.2) is 15.0 Å². The Bertz CT molecular complexity index is 1330. The number of ether oxygens (including phenoxy) is 1. The van der Waals surface area contributed by atoms with E-state index in [-0.39, 0.29) is 0 Å². The minimum Gasteiger partial charge on any atom is -0.497 e. The maximum Gasteiger partial charge on any atom is 0.141 e. The zero-order valence-electron chi connectivity index (χ0n) is 16.0. The molecule has 0 spiro atoms. The van der Waals surface area contributed by atoms with Crippen LogP contribution in [0.25, 0.3) is 31.7 Å². The van der Waals surface area contributed by atoms with E-state index in [0.29, 0.717) is 0 Å². The molecule has 0 aliphatic rings. The molecular weight excluding hydrogens is 380 g/mol. The Labute approximate surface area is 172 Å². The molecule has 5 rings (SSSR count). The van der Waals surface area contributed by atoms with Crippen LogP contribution in [0.5, 0.6) is 5.75 Å². The number of aromatic nitrogens is 3. The summed E-state index contributed by atoms with van der Waals surface area (Å²) in [7, 11) is 1.65. The van der Waals surface area contributed by atoms with Gasteiger partial charge >= 0.3 is 0 Å². The Morgan fingerprint density at radius 3 is 2.59 bits per heavy atom. The average molecular weight is 398 g/mol. The number of rotatable bonds is 4. The highest BCUT2D eigenvalue weighted by molar-refractivity contribution is 7.21. The van der Waals surface area contributed by atoms with Crippen LogP contribution in [0.4, 0.5) is 11.5 Å². The van der Waals surface area contributed by atoms with E-state index < -0.39 is 0 Å². The van der Waals surface area contributed by atoms with Crippen LogP contribution in [-0.4, -0.2) is 22.1 Å². The quantitative estimate of drug-likeness (QED) is 0.404. The number of nitrogens with zero attached hydrogens (tertiary/aromatic N) is 3. The van der Waals surface area contributed by atoms with E-state index in [1.807, 2.05) is 30.3 Å². The van der Waals surface area contributed by atoms with Gasteiger partial charge in [0, 0.05) is 22.7 Å². The maximum absolute atomic E-state index is 5.28. The standard InChI is InChI=1S/C23H18N4OS/c1-14-3-10-19-21(11-14)29-23(27-19)15-4-6-16(7-5-15)26-22-18-9-8-17(28-2)12-20(18)24-13-25-22/h3-13H,1-2H3,(H,24,25,26). The van der Waals surface area contributed by atoms with Crippen molar-refractivity contribution in [3.8, 4) is 16.3 Å². The van der Waals surface area contributed by atoms with Crippen LogP contribution < -0.4 is 10.1 Å². The fourth-order valence-electron chi connectivity index (χ4n) is 3.25. The molecule has 0 aliphatic carbocycles. The SMILES string of the molecule is COc1ccc2c(Nc3ccc(-c4nc5ccc(C)cc5s4)cc3)ncnc2c1. The molecule has 1 N–H and O–H groups in total. The van der Waals surface area contributed by atoms with E-state index in [4.69, 9.17) is 9.72 Å². The largest absolute Gasteiger partial charge is 0.497 e. The van der Waals surface area contributed by atoms with Gasteiger partial charge in [0.2, 0.25) is 0 Å². The number of benzene rings is 3. The van der Waals surface area contributed by atoms with Gasteiger partial charge < -0.3 is 10.1 Å². The number of methoxy groups -OCH3 is 1.